The molecule has 1 aliphatic rings. The van der Waals surface area contributed by atoms with E-state index < -0.39 is 35.8 Å². The van der Waals surface area contributed by atoms with E-state index in [9.17, 15) is 19.5 Å². The molecule has 2 rings (SSSR count). The lowest BCUT2D eigenvalue weighted by atomic mass is 10.00. The van der Waals surface area contributed by atoms with Crippen LogP contribution in [0.2, 0.25) is 0 Å². The zero-order chi connectivity index (χ0) is 23.7. The minimum atomic E-state index is -0.933. The third kappa shape index (κ3) is 8.25. The number of nitrogens with one attached hydrogen (secondary N) is 1. The molecule has 174 valence electrons. The van der Waals surface area contributed by atoms with Crippen molar-refractivity contribution in [1.82, 2.24) is 5.32 Å². The largest absolute Gasteiger partial charge is 0.470 e. The number of hydrogen-bond donors (Lipinski definition) is 2. The molecule has 3 atom stereocenters. The zero-order valence-corrected chi connectivity index (χ0v) is 18.7. The summed E-state index contributed by atoms with van der Waals surface area (Å²) in [6.45, 7) is 6.60. The fraction of sp³-hybridized carbons (Fsp3) is 0.591. The average molecular weight is 447 g/mol. The molecule has 1 aromatic rings. The quantitative estimate of drug-likeness (QED) is 0.300. The Morgan fingerprint density at radius 1 is 1.34 bits per heavy atom. The van der Waals surface area contributed by atoms with E-state index >= 15 is 0 Å². The summed E-state index contributed by atoms with van der Waals surface area (Å²) in [7, 11) is 5.03. The van der Waals surface area contributed by atoms with E-state index in [2.05, 4.69) is 5.32 Å². The van der Waals surface area contributed by atoms with E-state index in [1.54, 1.807) is 12.1 Å². The van der Waals surface area contributed by atoms with Gasteiger partial charge in [0, 0.05) is 31.6 Å². The molecule has 0 saturated carbocycles. The first-order chi connectivity index (χ1) is 15.1. The number of rotatable bonds is 11. The minimum Gasteiger partial charge on any atom is -0.470 e. The van der Waals surface area contributed by atoms with Gasteiger partial charge in [-0.1, -0.05) is 6.07 Å². The van der Waals surface area contributed by atoms with Crippen LogP contribution >= 0.6 is 0 Å². The van der Waals surface area contributed by atoms with Crippen LogP contribution in [0.25, 0.3) is 0 Å². The summed E-state index contributed by atoms with van der Waals surface area (Å²) in [6.07, 6.45) is -0.918. The SMILES string of the molecule is [B]C(=O)OCc1ccc(OC2CC(O)CC(C=O)O2)c(C(=O)NC(C)(C)CCOCC)c1. The number of benzene rings is 1. The van der Waals surface area contributed by atoms with Crippen molar-refractivity contribution in [2.75, 3.05) is 13.2 Å². The second kappa shape index (κ2) is 12.0. The maximum Gasteiger partial charge on any atom is 0.255 e. The molecule has 10 heteroatoms. The molecule has 1 amide bonds. The highest BCUT2D eigenvalue weighted by Gasteiger charge is 2.31. The first-order valence-corrected chi connectivity index (χ1v) is 10.5. The Hall–Kier alpha value is -2.43. The predicted molar refractivity (Wildman–Crippen MR) is 116 cm³/mol. The molecular formula is C22H30BNO8. The van der Waals surface area contributed by atoms with Gasteiger partial charge in [0.2, 0.25) is 20.0 Å². The fourth-order valence-corrected chi connectivity index (χ4v) is 3.21. The Morgan fingerprint density at radius 2 is 2.09 bits per heavy atom. The molecular weight excluding hydrogens is 417 g/mol. The van der Waals surface area contributed by atoms with Crippen LogP contribution < -0.4 is 10.1 Å². The molecule has 32 heavy (non-hydrogen) atoms. The average Bonchev–Trinajstić information content (AvgIpc) is 2.72. The summed E-state index contributed by atoms with van der Waals surface area (Å²) in [4.78, 5) is 35.2. The summed E-state index contributed by atoms with van der Waals surface area (Å²) in [5.41, 5.74) is 0.152. The predicted octanol–water partition coefficient (Wildman–Crippen LogP) is 1.87. The molecule has 0 bridgehead atoms. The van der Waals surface area contributed by atoms with E-state index in [-0.39, 0.29) is 30.8 Å². The van der Waals surface area contributed by atoms with Crippen LogP contribution in [0.5, 0.6) is 5.75 Å². The molecule has 2 N–H and O–H groups in total. The van der Waals surface area contributed by atoms with Crippen molar-refractivity contribution < 1.29 is 38.4 Å². The molecule has 0 aliphatic carbocycles. The highest BCUT2D eigenvalue weighted by molar-refractivity contribution is 6.55. The van der Waals surface area contributed by atoms with Crippen LogP contribution in [0.1, 0.15) is 56.0 Å². The summed E-state index contributed by atoms with van der Waals surface area (Å²) in [5, 5.41) is 12.9. The first-order valence-electron chi connectivity index (χ1n) is 10.5. The monoisotopic (exact) mass is 447 g/mol. The van der Waals surface area contributed by atoms with Crippen LogP contribution in [0, 0.1) is 0 Å². The van der Waals surface area contributed by atoms with Gasteiger partial charge in [0.25, 0.3) is 5.91 Å². The second-order valence-corrected chi connectivity index (χ2v) is 8.21. The van der Waals surface area contributed by atoms with Crippen LogP contribution in [0.4, 0.5) is 4.79 Å². The molecule has 1 aromatic carbocycles. The molecule has 2 radical (unpaired) electrons. The van der Waals surface area contributed by atoms with Gasteiger partial charge in [-0.2, -0.15) is 0 Å². The zero-order valence-electron chi connectivity index (χ0n) is 18.7. The van der Waals surface area contributed by atoms with Crippen molar-refractivity contribution >= 4 is 25.9 Å². The van der Waals surface area contributed by atoms with Gasteiger partial charge in [0.15, 0.2) is 0 Å². The number of carbonyl (C=O) groups excluding carboxylic acids is 3. The van der Waals surface area contributed by atoms with Crippen molar-refractivity contribution in [1.29, 1.82) is 0 Å². The number of amides is 1. The van der Waals surface area contributed by atoms with Crippen LogP contribution in [0.3, 0.4) is 0 Å². The van der Waals surface area contributed by atoms with Crippen LogP contribution in [-0.4, -0.2) is 68.3 Å². The highest BCUT2D eigenvalue weighted by Crippen LogP contribution is 2.27. The smallest absolute Gasteiger partial charge is 0.255 e. The topological polar surface area (TPSA) is 120 Å². The number of carbonyl (C=O) groups is 3. The van der Waals surface area contributed by atoms with Crippen molar-refractivity contribution in [2.24, 2.45) is 0 Å². The Morgan fingerprint density at radius 3 is 2.75 bits per heavy atom. The molecule has 1 aliphatic heterocycles. The number of aliphatic hydroxyl groups is 1. The lowest BCUT2D eigenvalue weighted by Gasteiger charge is -2.31. The van der Waals surface area contributed by atoms with Crippen molar-refractivity contribution in [3.05, 3.63) is 29.3 Å². The standard InChI is InChI=1S/C22H30BNO8/c1-4-29-8-7-22(2,3)24-20(27)17-9-14(13-30-21(23)28)5-6-18(17)32-19-11-15(26)10-16(12-25)31-19/h5-6,9,12,15-16,19,26H,4,7-8,10-11,13H2,1-3H3,(H,24,27). The Kier molecular flexibility index (Phi) is 9.68. The van der Waals surface area contributed by atoms with E-state index in [1.807, 2.05) is 20.8 Å². The molecule has 3 unspecified atom stereocenters. The molecule has 0 spiro atoms. The van der Waals surface area contributed by atoms with Crippen molar-refractivity contribution in [3.8, 4) is 5.75 Å². The second-order valence-electron chi connectivity index (χ2n) is 8.21. The van der Waals surface area contributed by atoms with Gasteiger partial charge in [0.05, 0.1) is 11.7 Å². The normalized spacial score (nSPS) is 20.9. The van der Waals surface area contributed by atoms with E-state index in [0.717, 1.165) is 0 Å². The van der Waals surface area contributed by atoms with Gasteiger partial charge < -0.3 is 34.2 Å². The summed E-state index contributed by atoms with van der Waals surface area (Å²) >= 11 is 0. The maximum atomic E-state index is 13.1. The number of aliphatic hydroxyl groups excluding tert-OH is 1. The molecule has 0 aromatic heterocycles. The Balaban J connectivity index is 2.23. The van der Waals surface area contributed by atoms with Crippen molar-refractivity contribution in [3.63, 3.8) is 0 Å². The summed E-state index contributed by atoms with van der Waals surface area (Å²) in [6, 6.07) is 4.69. The molecule has 1 fully saturated rings. The van der Waals surface area contributed by atoms with E-state index in [0.29, 0.717) is 31.5 Å². The van der Waals surface area contributed by atoms with Gasteiger partial charge in [-0.15, -0.1) is 0 Å². The van der Waals surface area contributed by atoms with Gasteiger partial charge in [-0.25, -0.2) is 0 Å². The third-order valence-corrected chi connectivity index (χ3v) is 4.90. The van der Waals surface area contributed by atoms with Crippen LogP contribution in [0.15, 0.2) is 18.2 Å². The Bertz CT molecular complexity index is 800. The number of ether oxygens (including phenoxy) is 4. The minimum absolute atomic E-state index is 0.116. The van der Waals surface area contributed by atoms with E-state index in [4.69, 9.17) is 26.8 Å². The molecule has 1 saturated heterocycles. The molecule has 9 nitrogen and oxygen atoms in total. The number of hydrogen-bond acceptors (Lipinski definition) is 8. The third-order valence-electron chi connectivity index (χ3n) is 4.90. The lowest BCUT2D eigenvalue weighted by molar-refractivity contribution is -0.176. The summed E-state index contributed by atoms with van der Waals surface area (Å²) in [5.74, 6) is -1.14. The first kappa shape index (κ1) is 25.8. The van der Waals surface area contributed by atoms with Gasteiger partial charge in [-0.05, 0) is 44.9 Å². The van der Waals surface area contributed by atoms with E-state index in [1.165, 1.54) is 6.07 Å². The van der Waals surface area contributed by atoms with Gasteiger partial charge in [0.1, 0.15) is 24.7 Å². The maximum absolute atomic E-state index is 13.1. The van der Waals surface area contributed by atoms with Crippen LogP contribution in [-0.2, 0) is 25.6 Å². The highest BCUT2D eigenvalue weighted by atomic mass is 16.7. The van der Waals surface area contributed by atoms with Gasteiger partial charge in [-0.3, -0.25) is 9.59 Å². The van der Waals surface area contributed by atoms with Crippen molar-refractivity contribution in [2.45, 2.75) is 70.7 Å². The lowest BCUT2D eigenvalue weighted by Crippen LogP contribution is -2.44. The van der Waals surface area contributed by atoms with Gasteiger partial charge >= 0.3 is 0 Å². The fourth-order valence-electron chi connectivity index (χ4n) is 3.21. The molecule has 1 heterocycles. The summed E-state index contributed by atoms with van der Waals surface area (Å²) < 4.78 is 21.6. The number of aldehydes is 1. The Labute approximate surface area is 189 Å².